The van der Waals surface area contributed by atoms with Crippen LogP contribution < -0.4 is 10.2 Å². The number of amides is 1. The first-order valence-corrected chi connectivity index (χ1v) is 9.51. The van der Waals surface area contributed by atoms with Crippen LogP contribution in [0.2, 0.25) is 0 Å². The van der Waals surface area contributed by atoms with Crippen LogP contribution in [0.1, 0.15) is 12.5 Å². The van der Waals surface area contributed by atoms with Crippen LogP contribution in [0.15, 0.2) is 28.6 Å². The molecule has 1 amide bonds. The lowest BCUT2D eigenvalue weighted by Crippen LogP contribution is -2.32. The number of aryl methyl sites for hydroxylation is 1. The van der Waals surface area contributed by atoms with Crippen LogP contribution in [0, 0.1) is 6.92 Å². The Bertz CT molecular complexity index is 663. The summed E-state index contributed by atoms with van der Waals surface area (Å²) in [6, 6.07) is 7.92. The number of rotatable bonds is 9. The van der Waals surface area contributed by atoms with Crippen LogP contribution >= 0.6 is 23.1 Å². The van der Waals surface area contributed by atoms with Crippen molar-refractivity contribution in [3.63, 3.8) is 0 Å². The van der Waals surface area contributed by atoms with Gasteiger partial charge in [0.15, 0.2) is 4.34 Å². The van der Waals surface area contributed by atoms with Gasteiger partial charge in [-0.3, -0.25) is 4.79 Å². The number of nitrogens with zero attached hydrogens (tertiary/aromatic N) is 3. The summed E-state index contributed by atoms with van der Waals surface area (Å²) in [6.45, 7) is 5.94. The van der Waals surface area contributed by atoms with Crippen LogP contribution in [-0.2, 0) is 9.53 Å². The van der Waals surface area contributed by atoms with E-state index in [1.54, 1.807) is 12.0 Å². The fourth-order valence-corrected chi connectivity index (χ4v) is 3.80. The molecule has 0 saturated carbocycles. The van der Waals surface area contributed by atoms with Crippen molar-refractivity contribution in [2.24, 2.45) is 0 Å². The molecule has 0 unspecified atom stereocenters. The molecular formula is C16H22N4O2S2. The first kappa shape index (κ1) is 18.7. The lowest BCUT2D eigenvalue weighted by molar-refractivity contribution is -0.116. The van der Waals surface area contributed by atoms with Gasteiger partial charge in [0, 0.05) is 25.9 Å². The molecule has 0 aliphatic heterocycles. The number of methoxy groups -OCH3 is 1. The molecule has 8 heteroatoms. The minimum atomic E-state index is 0.0703. The van der Waals surface area contributed by atoms with Crippen LogP contribution in [0.4, 0.5) is 10.8 Å². The zero-order valence-electron chi connectivity index (χ0n) is 14.1. The van der Waals surface area contributed by atoms with Gasteiger partial charge in [0.25, 0.3) is 0 Å². The summed E-state index contributed by atoms with van der Waals surface area (Å²) in [6.07, 6.45) is 0. The molecule has 6 nitrogen and oxygen atoms in total. The molecule has 0 atom stereocenters. The molecule has 0 bridgehead atoms. The van der Waals surface area contributed by atoms with Gasteiger partial charge >= 0.3 is 0 Å². The molecule has 0 fully saturated rings. The largest absolute Gasteiger partial charge is 0.383 e. The Morgan fingerprint density at radius 3 is 2.88 bits per heavy atom. The predicted octanol–water partition coefficient (Wildman–Crippen LogP) is 3.05. The topological polar surface area (TPSA) is 67.4 Å². The fourth-order valence-electron chi connectivity index (χ4n) is 2.15. The normalized spacial score (nSPS) is 10.6. The monoisotopic (exact) mass is 366 g/mol. The molecule has 0 aliphatic carbocycles. The minimum Gasteiger partial charge on any atom is -0.383 e. The van der Waals surface area contributed by atoms with E-state index in [9.17, 15) is 4.79 Å². The number of thioether (sulfide) groups is 1. The highest BCUT2D eigenvalue weighted by atomic mass is 32.2. The summed E-state index contributed by atoms with van der Waals surface area (Å²) in [5, 5.41) is 12.0. The van der Waals surface area contributed by atoms with E-state index in [2.05, 4.69) is 15.5 Å². The highest BCUT2D eigenvalue weighted by Crippen LogP contribution is 2.27. The number of ether oxygens (including phenoxy) is 1. The molecule has 2 rings (SSSR count). The van der Waals surface area contributed by atoms with Gasteiger partial charge in [-0.2, -0.15) is 0 Å². The fraction of sp³-hybridized carbons (Fsp3) is 0.438. The maximum absolute atomic E-state index is 12.5. The maximum atomic E-state index is 12.5. The van der Waals surface area contributed by atoms with Crippen molar-refractivity contribution in [2.45, 2.75) is 18.2 Å². The van der Waals surface area contributed by atoms with E-state index in [0.717, 1.165) is 20.7 Å². The molecular weight excluding hydrogens is 344 g/mol. The third kappa shape index (κ3) is 5.19. The number of hydrogen-bond acceptors (Lipinski definition) is 7. The summed E-state index contributed by atoms with van der Waals surface area (Å²) in [5.41, 5.74) is 2.06. The van der Waals surface area contributed by atoms with Gasteiger partial charge in [0.2, 0.25) is 11.0 Å². The van der Waals surface area contributed by atoms with Gasteiger partial charge in [-0.1, -0.05) is 41.3 Å². The summed E-state index contributed by atoms with van der Waals surface area (Å²) >= 11 is 2.86. The third-order valence-electron chi connectivity index (χ3n) is 3.33. The molecule has 1 aromatic heterocycles. The van der Waals surface area contributed by atoms with Gasteiger partial charge in [-0.25, -0.2) is 0 Å². The molecule has 0 radical (unpaired) electrons. The zero-order valence-corrected chi connectivity index (χ0v) is 15.7. The Morgan fingerprint density at radius 1 is 1.38 bits per heavy atom. The quantitative estimate of drug-likeness (QED) is 0.543. The van der Waals surface area contributed by atoms with Crippen molar-refractivity contribution in [3.05, 3.63) is 29.8 Å². The summed E-state index contributed by atoms with van der Waals surface area (Å²) < 4.78 is 5.76. The third-order valence-corrected chi connectivity index (χ3v) is 5.33. The Morgan fingerprint density at radius 2 is 2.17 bits per heavy atom. The van der Waals surface area contributed by atoms with Gasteiger partial charge in [-0.05, 0) is 25.5 Å². The lowest BCUT2D eigenvalue weighted by Gasteiger charge is -2.22. The number of hydrogen-bond donors (Lipinski definition) is 1. The Labute approximate surface area is 150 Å². The molecule has 0 aliphatic rings. The predicted molar refractivity (Wildman–Crippen MR) is 100 cm³/mol. The molecule has 1 aromatic carbocycles. The molecule has 0 spiro atoms. The van der Waals surface area contributed by atoms with Crippen LogP contribution in [-0.4, -0.2) is 48.7 Å². The summed E-state index contributed by atoms with van der Waals surface area (Å²) in [5.74, 6) is 0.412. The smallest absolute Gasteiger partial charge is 0.237 e. The van der Waals surface area contributed by atoms with E-state index in [4.69, 9.17) is 4.74 Å². The second-order valence-electron chi connectivity index (χ2n) is 5.01. The first-order chi connectivity index (χ1) is 11.7. The average molecular weight is 367 g/mol. The van der Waals surface area contributed by atoms with Crippen molar-refractivity contribution < 1.29 is 9.53 Å². The van der Waals surface area contributed by atoms with Crippen molar-refractivity contribution in [1.29, 1.82) is 0 Å². The van der Waals surface area contributed by atoms with E-state index < -0.39 is 0 Å². The number of aromatic nitrogens is 2. The van der Waals surface area contributed by atoms with E-state index >= 15 is 0 Å². The number of para-hydroxylation sites is 1. The van der Waals surface area contributed by atoms with Crippen LogP contribution in [0.5, 0.6) is 0 Å². The Hall–Kier alpha value is -1.64. The molecule has 2 aromatic rings. The van der Waals surface area contributed by atoms with Gasteiger partial charge < -0.3 is 15.0 Å². The molecule has 1 N–H and O–H groups in total. The van der Waals surface area contributed by atoms with Crippen molar-refractivity contribution >= 4 is 39.8 Å². The summed E-state index contributed by atoms with van der Waals surface area (Å²) in [7, 11) is 1.66. The molecule has 24 heavy (non-hydrogen) atoms. The second-order valence-corrected chi connectivity index (χ2v) is 7.21. The highest BCUT2D eigenvalue weighted by molar-refractivity contribution is 8.01. The average Bonchev–Trinajstić information content (AvgIpc) is 3.03. The van der Waals surface area contributed by atoms with Crippen molar-refractivity contribution in [2.75, 3.05) is 42.8 Å². The van der Waals surface area contributed by atoms with Crippen LogP contribution in [0.25, 0.3) is 0 Å². The highest BCUT2D eigenvalue weighted by Gasteiger charge is 2.16. The van der Waals surface area contributed by atoms with Crippen LogP contribution in [0.3, 0.4) is 0 Å². The molecule has 1 heterocycles. The molecule has 0 saturated heterocycles. The molecule has 130 valence electrons. The van der Waals surface area contributed by atoms with Crippen molar-refractivity contribution in [3.8, 4) is 0 Å². The number of carbonyl (C=O) groups excluding carboxylic acids is 1. The van der Waals surface area contributed by atoms with E-state index in [-0.39, 0.29) is 5.91 Å². The maximum Gasteiger partial charge on any atom is 0.237 e. The lowest BCUT2D eigenvalue weighted by atomic mass is 10.2. The van der Waals surface area contributed by atoms with E-state index in [1.807, 2.05) is 38.1 Å². The minimum absolute atomic E-state index is 0.0703. The van der Waals surface area contributed by atoms with Crippen molar-refractivity contribution in [1.82, 2.24) is 10.2 Å². The van der Waals surface area contributed by atoms with Gasteiger partial charge in [0.05, 0.1) is 12.4 Å². The number of anilines is 2. The SMILES string of the molecule is CCN(C(=O)CSc1nnc(NCCOC)s1)c1ccccc1C. The Balaban J connectivity index is 1.91. The number of benzene rings is 1. The second kappa shape index (κ2) is 9.61. The standard InChI is InChI=1S/C16H22N4O2S2/c1-4-20(13-8-6-5-7-12(13)2)14(21)11-23-16-19-18-15(24-16)17-9-10-22-3/h5-8H,4,9-11H2,1-3H3,(H,17,18). The number of nitrogens with one attached hydrogen (secondary N) is 1. The first-order valence-electron chi connectivity index (χ1n) is 7.70. The van der Waals surface area contributed by atoms with Gasteiger partial charge in [-0.15, -0.1) is 10.2 Å². The van der Waals surface area contributed by atoms with E-state index in [1.165, 1.54) is 23.1 Å². The zero-order chi connectivity index (χ0) is 17.4. The van der Waals surface area contributed by atoms with Gasteiger partial charge in [0.1, 0.15) is 0 Å². The van der Waals surface area contributed by atoms with E-state index in [0.29, 0.717) is 25.4 Å². The number of carbonyl (C=O) groups is 1. The Kier molecular flexibility index (Phi) is 7.48. The summed E-state index contributed by atoms with van der Waals surface area (Å²) in [4.78, 5) is 14.4.